The number of carbonyl (C=O) groups is 2. The number of hydrogen-bond acceptors (Lipinski definition) is 4. The molecule has 0 aliphatic carbocycles. The second kappa shape index (κ2) is 5.61. The Kier molecular flexibility index (Phi) is 4.57. The van der Waals surface area contributed by atoms with E-state index < -0.39 is 17.7 Å². The highest BCUT2D eigenvalue weighted by Crippen LogP contribution is 2.27. The van der Waals surface area contributed by atoms with Crippen LogP contribution in [0.25, 0.3) is 0 Å². The summed E-state index contributed by atoms with van der Waals surface area (Å²) < 4.78 is 5.70. The molecule has 0 bridgehead atoms. The van der Waals surface area contributed by atoms with E-state index in [4.69, 9.17) is 4.74 Å². The number of hydrogen-bond donors (Lipinski definition) is 0. The van der Waals surface area contributed by atoms with Crippen molar-refractivity contribution in [3.05, 3.63) is 28.2 Å². The third-order valence-corrected chi connectivity index (χ3v) is 2.85. The van der Waals surface area contributed by atoms with Gasteiger partial charge in [0, 0.05) is 11.5 Å². The largest absolute Gasteiger partial charge is 0.545 e. The fourth-order valence-electron chi connectivity index (χ4n) is 1.33. The van der Waals surface area contributed by atoms with Crippen molar-refractivity contribution < 1.29 is 19.4 Å². The summed E-state index contributed by atoms with van der Waals surface area (Å²) in [6.45, 7) is 5.31. The summed E-state index contributed by atoms with van der Waals surface area (Å²) in [6, 6.07) is 4.26. The van der Waals surface area contributed by atoms with E-state index in [1.165, 1.54) is 23.1 Å². The lowest BCUT2D eigenvalue weighted by molar-refractivity contribution is -0.255. The van der Waals surface area contributed by atoms with Crippen LogP contribution in [0.4, 0.5) is 10.5 Å². The van der Waals surface area contributed by atoms with Crippen LogP contribution in [0, 0.1) is 0 Å². The second-order valence-electron chi connectivity index (χ2n) is 4.99. The smallest absolute Gasteiger partial charge is 0.414 e. The number of rotatable bonds is 2. The van der Waals surface area contributed by atoms with Crippen LogP contribution < -0.4 is 10.0 Å². The average molecular weight is 329 g/mol. The zero-order valence-corrected chi connectivity index (χ0v) is 12.8. The van der Waals surface area contributed by atoms with Gasteiger partial charge in [0.2, 0.25) is 0 Å². The summed E-state index contributed by atoms with van der Waals surface area (Å²) in [5.41, 5.74) is -0.0459. The fraction of sp³-hybridized carbons (Fsp3) is 0.385. The van der Waals surface area contributed by atoms with Gasteiger partial charge in [-0.1, -0.05) is 6.07 Å². The summed E-state index contributed by atoms with van der Waals surface area (Å²) in [5, 5.41) is 10.7. The minimum Gasteiger partial charge on any atom is -0.545 e. The van der Waals surface area contributed by atoms with Crippen LogP contribution in [0.2, 0.25) is 0 Å². The normalized spacial score (nSPS) is 11.0. The molecular formula is C13H15BrNO4-. The molecule has 19 heavy (non-hydrogen) atoms. The van der Waals surface area contributed by atoms with Gasteiger partial charge in [0.1, 0.15) is 5.60 Å². The molecular weight excluding hydrogens is 314 g/mol. The second-order valence-corrected chi connectivity index (χ2v) is 5.85. The third kappa shape index (κ3) is 4.24. The molecule has 0 unspecified atom stereocenters. The van der Waals surface area contributed by atoms with E-state index in [1.807, 2.05) is 0 Å². The average Bonchev–Trinajstić information content (AvgIpc) is 2.25. The van der Waals surface area contributed by atoms with Gasteiger partial charge in [0.15, 0.2) is 0 Å². The summed E-state index contributed by atoms with van der Waals surface area (Å²) in [7, 11) is 1.55. The molecule has 0 N–H and O–H groups in total. The Morgan fingerprint density at radius 1 is 1.32 bits per heavy atom. The first-order valence-corrected chi connectivity index (χ1v) is 6.39. The number of anilines is 1. The Bertz CT molecular complexity index is 508. The van der Waals surface area contributed by atoms with Crippen LogP contribution in [-0.2, 0) is 4.74 Å². The van der Waals surface area contributed by atoms with Crippen molar-refractivity contribution >= 4 is 33.7 Å². The molecule has 0 aromatic heterocycles. The van der Waals surface area contributed by atoms with E-state index in [2.05, 4.69) is 15.9 Å². The van der Waals surface area contributed by atoms with Gasteiger partial charge in [0.05, 0.1) is 11.7 Å². The first-order chi connectivity index (χ1) is 8.61. The molecule has 0 heterocycles. The molecule has 0 aliphatic heterocycles. The van der Waals surface area contributed by atoms with Crippen molar-refractivity contribution in [2.45, 2.75) is 26.4 Å². The number of carbonyl (C=O) groups excluding carboxylic acids is 2. The lowest BCUT2D eigenvalue weighted by atomic mass is 10.2. The molecule has 1 aromatic rings. The van der Waals surface area contributed by atoms with Gasteiger partial charge >= 0.3 is 6.09 Å². The number of carboxylic acids is 1. The monoisotopic (exact) mass is 328 g/mol. The van der Waals surface area contributed by atoms with Gasteiger partial charge in [-0.05, 0) is 54.4 Å². The van der Waals surface area contributed by atoms with Crippen molar-refractivity contribution in [1.82, 2.24) is 0 Å². The first-order valence-electron chi connectivity index (χ1n) is 5.59. The Labute approximate surface area is 120 Å². The molecule has 0 saturated heterocycles. The molecule has 0 fully saturated rings. The van der Waals surface area contributed by atoms with E-state index in [0.717, 1.165) is 0 Å². The molecule has 1 aromatic carbocycles. The van der Waals surface area contributed by atoms with Crippen LogP contribution in [0.15, 0.2) is 22.7 Å². The minimum atomic E-state index is -1.27. The predicted molar refractivity (Wildman–Crippen MR) is 73.1 cm³/mol. The van der Waals surface area contributed by atoms with Crippen molar-refractivity contribution in [3.63, 3.8) is 0 Å². The Balaban J connectivity index is 2.97. The van der Waals surface area contributed by atoms with Crippen LogP contribution >= 0.6 is 15.9 Å². The SMILES string of the molecule is CN(C(=O)OC(C)(C)C)c1ccc(C(=O)[O-])cc1Br. The Hall–Kier alpha value is -1.56. The quantitative estimate of drug-likeness (QED) is 0.834. The van der Waals surface area contributed by atoms with E-state index in [9.17, 15) is 14.7 Å². The maximum Gasteiger partial charge on any atom is 0.414 e. The Morgan fingerprint density at radius 2 is 1.89 bits per heavy atom. The summed E-state index contributed by atoms with van der Waals surface area (Å²) in [5.74, 6) is -1.27. The molecule has 104 valence electrons. The van der Waals surface area contributed by atoms with Gasteiger partial charge in [-0.2, -0.15) is 0 Å². The summed E-state index contributed by atoms with van der Waals surface area (Å²) >= 11 is 3.22. The number of carboxylic acid groups (broad SMARTS) is 1. The number of amides is 1. The van der Waals surface area contributed by atoms with Crippen LogP contribution in [0.3, 0.4) is 0 Å². The van der Waals surface area contributed by atoms with Crippen LogP contribution in [0.1, 0.15) is 31.1 Å². The first kappa shape index (κ1) is 15.5. The maximum atomic E-state index is 11.9. The molecule has 0 spiro atoms. The van der Waals surface area contributed by atoms with Gasteiger partial charge in [-0.15, -0.1) is 0 Å². The van der Waals surface area contributed by atoms with E-state index >= 15 is 0 Å². The molecule has 6 heteroatoms. The molecule has 0 saturated carbocycles. The molecule has 0 atom stereocenters. The highest BCUT2D eigenvalue weighted by Gasteiger charge is 2.21. The zero-order valence-electron chi connectivity index (χ0n) is 11.2. The highest BCUT2D eigenvalue weighted by atomic mass is 79.9. The predicted octanol–water partition coefficient (Wildman–Crippen LogP) is 2.18. The number of aromatic carboxylic acids is 1. The third-order valence-electron chi connectivity index (χ3n) is 2.21. The van der Waals surface area contributed by atoms with Gasteiger partial charge in [-0.25, -0.2) is 4.79 Å². The van der Waals surface area contributed by atoms with Gasteiger partial charge < -0.3 is 14.6 Å². The zero-order chi connectivity index (χ0) is 14.8. The van der Waals surface area contributed by atoms with E-state index in [0.29, 0.717) is 10.2 Å². The lowest BCUT2D eigenvalue weighted by Crippen LogP contribution is -2.34. The van der Waals surface area contributed by atoms with E-state index in [-0.39, 0.29) is 5.56 Å². The summed E-state index contributed by atoms with van der Waals surface area (Å²) in [4.78, 5) is 23.9. The maximum absolute atomic E-state index is 11.9. The summed E-state index contributed by atoms with van der Waals surface area (Å²) in [6.07, 6.45) is -0.519. The van der Waals surface area contributed by atoms with E-state index in [1.54, 1.807) is 27.8 Å². The van der Waals surface area contributed by atoms with Gasteiger partial charge in [0.25, 0.3) is 0 Å². The number of nitrogens with zero attached hydrogens (tertiary/aromatic N) is 1. The van der Waals surface area contributed by atoms with Crippen molar-refractivity contribution in [3.8, 4) is 0 Å². The minimum absolute atomic E-state index is 0.0354. The number of ether oxygens (including phenoxy) is 1. The van der Waals surface area contributed by atoms with Crippen molar-refractivity contribution in [2.75, 3.05) is 11.9 Å². The lowest BCUT2D eigenvalue weighted by Gasteiger charge is -2.25. The number of halogens is 1. The molecule has 0 aliphatic rings. The van der Waals surface area contributed by atoms with Crippen molar-refractivity contribution in [1.29, 1.82) is 0 Å². The van der Waals surface area contributed by atoms with Crippen LogP contribution in [-0.4, -0.2) is 24.7 Å². The molecule has 1 rings (SSSR count). The fourth-order valence-corrected chi connectivity index (χ4v) is 1.98. The highest BCUT2D eigenvalue weighted by molar-refractivity contribution is 9.10. The molecule has 5 nitrogen and oxygen atoms in total. The standard InChI is InChI=1S/C13H16BrNO4/c1-13(2,3)19-12(18)15(4)10-6-5-8(11(16)17)7-9(10)14/h5-7H,1-4H3,(H,16,17)/p-1. The Morgan fingerprint density at radius 3 is 2.32 bits per heavy atom. The van der Waals surface area contributed by atoms with Crippen molar-refractivity contribution in [2.24, 2.45) is 0 Å². The van der Waals surface area contributed by atoms with Crippen LogP contribution in [0.5, 0.6) is 0 Å². The van der Waals surface area contributed by atoms with Gasteiger partial charge in [-0.3, -0.25) is 4.90 Å². The topological polar surface area (TPSA) is 69.7 Å². The molecule has 1 amide bonds. The molecule has 0 radical (unpaired) electrons. The number of benzene rings is 1.